The minimum Gasteiger partial charge on any atom is -0.479 e. The van der Waals surface area contributed by atoms with E-state index in [0.717, 1.165) is 11.1 Å². The highest BCUT2D eigenvalue weighted by Gasteiger charge is 2.44. The number of aliphatic hydroxyl groups excluding tert-OH is 1. The predicted molar refractivity (Wildman–Crippen MR) is 60.2 cm³/mol. The molecule has 4 heteroatoms. The molecule has 2 atom stereocenters. The predicted octanol–water partition coefficient (Wildman–Crippen LogP) is 1.13. The summed E-state index contributed by atoms with van der Waals surface area (Å²) in [5, 5.41) is 27.8. The van der Waals surface area contributed by atoms with Crippen molar-refractivity contribution in [1.29, 1.82) is 5.26 Å². The molecule has 0 heterocycles. The highest BCUT2D eigenvalue weighted by atomic mass is 16.4. The van der Waals surface area contributed by atoms with E-state index in [1.54, 1.807) is 0 Å². The van der Waals surface area contributed by atoms with Crippen LogP contribution in [0.15, 0.2) is 24.3 Å². The average Bonchev–Trinajstić information content (AvgIpc) is 2.37. The van der Waals surface area contributed by atoms with Crippen LogP contribution in [0, 0.1) is 16.7 Å². The van der Waals surface area contributed by atoms with Crippen LogP contribution in [0.1, 0.15) is 17.5 Å². The number of rotatable bonds is 2. The molecule has 0 aliphatic heterocycles. The van der Waals surface area contributed by atoms with Gasteiger partial charge in [0, 0.05) is 0 Å². The van der Waals surface area contributed by atoms with Crippen LogP contribution in [-0.4, -0.2) is 22.3 Å². The number of carbonyl (C=O) groups is 1. The minimum absolute atomic E-state index is 0.299. The molecule has 0 saturated heterocycles. The van der Waals surface area contributed by atoms with Gasteiger partial charge in [0.2, 0.25) is 0 Å². The number of aliphatic carboxylic acids is 1. The highest BCUT2D eigenvalue weighted by molar-refractivity contribution is 5.74. The number of benzene rings is 1. The third kappa shape index (κ3) is 1.90. The molecule has 0 bridgehead atoms. The lowest BCUT2D eigenvalue weighted by Gasteiger charge is -2.34. The zero-order chi connectivity index (χ0) is 12.5. The van der Waals surface area contributed by atoms with Crippen molar-refractivity contribution in [3.63, 3.8) is 0 Å². The topological polar surface area (TPSA) is 81.3 Å². The first-order valence-electron chi connectivity index (χ1n) is 5.48. The van der Waals surface area contributed by atoms with Crippen LogP contribution in [0.4, 0.5) is 0 Å². The molecule has 0 amide bonds. The standard InChI is InChI=1S/C13H13NO3/c14-8-13(11(15)12(16)17)6-5-9-3-1-2-4-10(9)7-13/h1-4,11,15H,5-7H2,(H,16,17). The Bertz CT molecular complexity index is 492. The van der Waals surface area contributed by atoms with Crippen molar-refractivity contribution in [2.45, 2.75) is 25.4 Å². The van der Waals surface area contributed by atoms with E-state index in [1.807, 2.05) is 30.3 Å². The smallest absolute Gasteiger partial charge is 0.334 e. The summed E-state index contributed by atoms with van der Waals surface area (Å²) in [5.41, 5.74) is 0.900. The summed E-state index contributed by atoms with van der Waals surface area (Å²) in [4.78, 5) is 10.9. The zero-order valence-electron chi connectivity index (χ0n) is 9.26. The molecule has 0 radical (unpaired) electrons. The second-order valence-electron chi connectivity index (χ2n) is 4.45. The van der Waals surface area contributed by atoms with E-state index in [4.69, 9.17) is 5.11 Å². The number of aryl methyl sites for hydroxylation is 1. The summed E-state index contributed by atoms with van der Waals surface area (Å²) < 4.78 is 0. The van der Waals surface area contributed by atoms with E-state index >= 15 is 0 Å². The van der Waals surface area contributed by atoms with Gasteiger partial charge < -0.3 is 10.2 Å². The van der Waals surface area contributed by atoms with Gasteiger partial charge in [-0.05, 0) is 30.4 Å². The molecule has 1 aliphatic rings. The maximum atomic E-state index is 10.9. The molecular formula is C13H13NO3. The maximum absolute atomic E-state index is 10.9. The van der Waals surface area contributed by atoms with Gasteiger partial charge in [-0.1, -0.05) is 24.3 Å². The van der Waals surface area contributed by atoms with Crippen LogP contribution < -0.4 is 0 Å². The first kappa shape index (κ1) is 11.6. The molecule has 2 N–H and O–H groups in total. The van der Waals surface area contributed by atoms with Gasteiger partial charge in [0.05, 0.1) is 11.5 Å². The number of aliphatic hydroxyl groups is 1. The lowest BCUT2D eigenvalue weighted by molar-refractivity contribution is -0.152. The lowest BCUT2D eigenvalue weighted by atomic mass is 9.69. The molecule has 0 saturated carbocycles. The Morgan fingerprint density at radius 3 is 2.65 bits per heavy atom. The number of carboxylic acids is 1. The van der Waals surface area contributed by atoms with Gasteiger partial charge >= 0.3 is 5.97 Å². The van der Waals surface area contributed by atoms with Gasteiger partial charge in [0.25, 0.3) is 0 Å². The van der Waals surface area contributed by atoms with E-state index in [9.17, 15) is 15.2 Å². The summed E-state index contributed by atoms with van der Waals surface area (Å²) in [6.07, 6.45) is -0.310. The van der Waals surface area contributed by atoms with Crippen molar-refractivity contribution in [3.05, 3.63) is 35.4 Å². The maximum Gasteiger partial charge on any atom is 0.334 e. The van der Waals surface area contributed by atoms with Gasteiger partial charge in [-0.25, -0.2) is 4.79 Å². The fourth-order valence-electron chi connectivity index (χ4n) is 2.39. The van der Waals surface area contributed by atoms with Gasteiger partial charge in [0.15, 0.2) is 6.10 Å². The highest BCUT2D eigenvalue weighted by Crippen LogP contribution is 2.38. The van der Waals surface area contributed by atoms with Gasteiger partial charge in [-0.15, -0.1) is 0 Å². The van der Waals surface area contributed by atoms with Crippen LogP contribution in [0.25, 0.3) is 0 Å². The molecule has 2 unspecified atom stereocenters. The van der Waals surface area contributed by atoms with Crippen molar-refractivity contribution in [2.24, 2.45) is 5.41 Å². The zero-order valence-corrected chi connectivity index (χ0v) is 9.26. The van der Waals surface area contributed by atoms with Crippen molar-refractivity contribution < 1.29 is 15.0 Å². The van der Waals surface area contributed by atoms with E-state index < -0.39 is 17.5 Å². The summed E-state index contributed by atoms with van der Waals surface area (Å²) >= 11 is 0. The largest absolute Gasteiger partial charge is 0.479 e. The molecule has 88 valence electrons. The normalized spacial score (nSPS) is 24.5. The van der Waals surface area contributed by atoms with E-state index in [-0.39, 0.29) is 0 Å². The molecule has 0 aromatic heterocycles. The van der Waals surface area contributed by atoms with Gasteiger partial charge in [-0.2, -0.15) is 5.26 Å². The summed E-state index contributed by atoms with van der Waals surface area (Å²) in [5.74, 6) is -1.33. The Hall–Kier alpha value is -1.86. The Labute approximate surface area is 99.1 Å². The van der Waals surface area contributed by atoms with E-state index in [0.29, 0.717) is 19.3 Å². The fourth-order valence-corrected chi connectivity index (χ4v) is 2.39. The summed E-state index contributed by atoms with van der Waals surface area (Å²) in [6.45, 7) is 0. The summed E-state index contributed by atoms with van der Waals surface area (Å²) in [6, 6.07) is 9.65. The second kappa shape index (κ2) is 4.19. The number of nitrogens with zero attached hydrogens (tertiary/aromatic N) is 1. The fraction of sp³-hybridized carbons (Fsp3) is 0.385. The Balaban J connectivity index is 2.36. The third-order valence-corrected chi connectivity index (χ3v) is 3.44. The van der Waals surface area contributed by atoms with E-state index in [1.165, 1.54) is 0 Å². The summed E-state index contributed by atoms with van der Waals surface area (Å²) in [7, 11) is 0. The van der Waals surface area contributed by atoms with Crippen LogP contribution in [0.5, 0.6) is 0 Å². The van der Waals surface area contributed by atoms with Crippen molar-refractivity contribution in [2.75, 3.05) is 0 Å². The first-order valence-corrected chi connectivity index (χ1v) is 5.48. The molecule has 17 heavy (non-hydrogen) atoms. The van der Waals surface area contributed by atoms with Crippen LogP contribution in [0.2, 0.25) is 0 Å². The van der Waals surface area contributed by atoms with Crippen LogP contribution in [0.3, 0.4) is 0 Å². The second-order valence-corrected chi connectivity index (χ2v) is 4.45. The Kier molecular flexibility index (Phi) is 2.86. The average molecular weight is 231 g/mol. The molecule has 2 rings (SSSR count). The molecular weight excluding hydrogens is 218 g/mol. The van der Waals surface area contributed by atoms with Crippen molar-refractivity contribution in [3.8, 4) is 6.07 Å². The molecule has 4 nitrogen and oxygen atoms in total. The third-order valence-electron chi connectivity index (χ3n) is 3.44. The Morgan fingerprint density at radius 1 is 1.41 bits per heavy atom. The molecule has 1 aromatic carbocycles. The first-order chi connectivity index (χ1) is 8.09. The SMILES string of the molecule is N#CC1(C(O)C(=O)O)CCc2ccccc2C1. The quantitative estimate of drug-likeness (QED) is 0.799. The minimum atomic E-state index is -1.62. The number of nitriles is 1. The van der Waals surface area contributed by atoms with E-state index in [2.05, 4.69) is 0 Å². The Morgan fingerprint density at radius 2 is 2.06 bits per heavy atom. The van der Waals surface area contributed by atoms with Crippen molar-refractivity contribution in [1.82, 2.24) is 0 Å². The monoisotopic (exact) mass is 231 g/mol. The van der Waals surface area contributed by atoms with Gasteiger partial charge in [0.1, 0.15) is 0 Å². The number of fused-ring (bicyclic) bond motifs is 1. The lowest BCUT2D eigenvalue weighted by Crippen LogP contribution is -2.43. The number of hydrogen-bond acceptors (Lipinski definition) is 3. The van der Waals surface area contributed by atoms with Gasteiger partial charge in [-0.3, -0.25) is 0 Å². The molecule has 0 spiro atoms. The number of carboxylic acid groups (broad SMARTS) is 1. The number of hydrogen-bond donors (Lipinski definition) is 2. The van der Waals surface area contributed by atoms with Crippen LogP contribution >= 0.6 is 0 Å². The van der Waals surface area contributed by atoms with Crippen molar-refractivity contribution >= 4 is 5.97 Å². The van der Waals surface area contributed by atoms with Crippen LogP contribution in [-0.2, 0) is 17.6 Å². The molecule has 1 aliphatic carbocycles. The molecule has 1 aromatic rings. The molecule has 0 fully saturated rings.